The third-order valence-corrected chi connectivity index (χ3v) is 6.80. The van der Waals surface area contributed by atoms with Crippen molar-refractivity contribution in [2.75, 3.05) is 16.7 Å². The number of carbonyl (C=O) groups is 1. The van der Waals surface area contributed by atoms with E-state index in [0.29, 0.717) is 5.69 Å². The Bertz CT molecular complexity index is 1400. The molecule has 3 aromatic carbocycles. The Morgan fingerprint density at radius 3 is 2.48 bits per heavy atom. The largest absolute Gasteiger partial charge is 0.322 e. The van der Waals surface area contributed by atoms with Gasteiger partial charge in [0, 0.05) is 18.3 Å². The number of nitrogens with one attached hydrogen (secondary N) is 1. The molecule has 0 aliphatic rings. The van der Waals surface area contributed by atoms with Crippen LogP contribution < -0.4 is 9.62 Å². The van der Waals surface area contributed by atoms with Crippen LogP contribution >= 0.6 is 0 Å². The van der Waals surface area contributed by atoms with Crippen LogP contribution in [0.15, 0.2) is 84.3 Å². The summed E-state index contributed by atoms with van der Waals surface area (Å²) in [4.78, 5) is 16.5. The minimum absolute atomic E-state index is 0.0362. The zero-order chi connectivity index (χ0) is 23.6. The Balaban J connectivity index is 1.55. The number of carbonyl (C=O) groups excluding carboxylic acids is 1. The molecule has 168 valence electrons. The van der Waals surface area contributed by atoms with Crippen molar-refractivity contribution in [3.05, 3.63) is 96.3 Å². The summed E-state index contributed by atoms with van der Waals surface area (Å²) in [6, 6.07) is 16.9. The summed E-state index contributed by atoms with van der Waals surface area (Å²) in [5.41, 5.74) is 2.02. The minimum Gasteiger partial charge on any atom is -0.322 e. The van der Waals surface area contributed by atoms with Gasteiger partial charge in [-0.1, -0.05) is 23.8 Å². The number of aromatic nitrogens is 3. The molecule has 0 aliphatic heterocycles. The lowest BCUT2D eigenvalue weighted by atomic mass is 10.2. The lowest BCUT2D eigenvalue weighted by molar-refractivity contribution is 0.102. The fourth-order valence-corrected chi connectivity index (χ4v) is 4.40. The van der Waals surface area contributed by atoms with Crippen LogP contribution in [-0.4, -0.2) is 36.1 Å². The van der Waals surface area contributed by atoms with Crippen molar-refractivity contribution >= 4 is 27.3 Å². The van der Waals surface area contributed by atoms with Gasteiger partial charge in [0.15, 0.2) is 5.82 Å². The van der Waals surface area contributed by atoms with E-state index in [4.69, 9.17) is 0 Å². The molecular formula is C23H20FN5O3S. The fraction of sp³-hybridized carbons (Fsp3) is 0.0870. The Morgan fingerprint density at radius 1 is 1.06 bits per heavy atom. The molecule has 0 aliphatic carbocycles. The predicted molar refractivity (Wildman–Crippen MR) is 122 cm³/mol. The Labute approximate surface area is 190 Å². The van der Waals surface area contributed by atoms with E-state index in [1.54, 1.807) is 12.1 Å². The molecule has 1 amide bonds. The molecule has 0 saturated carbocycles. The standard InChI is InChI=1S/C23H20FN5O3S/c1-16-6-9-19(10-7-16)28(2)33(31,32)20-5-3-4-17(12-20)23(30)27-18-8-11-22(21(24)13-18)29-15-25-14-26-29/h3-15H,1-2H3,(H,27,30). The molecule has 0 fully saturated rings. The van der Waals surface area contributed by atoms with Crippen molar-refractivity contribution in [1.29, 1.82) is 0 Å². The molecule has 1 heterocycles. The molecule has 8 nitrogen and oxygen atoms in total. The van der Waals surface area contributed by atoms with Crippen LogP contribution in [-0.2, 0) is 10.0 Å². The maximum atomic E-state index is 14.4. The van der Waals surface area contributed by atoms with Gasteiger partial charge in [-0.25, -0.2) is 22.5 Å². The number of nitrogens with zero attached hydrogens (tertiary/aromatic N) is 4. The molecule has 0 radical (unpaired) electrons. The van der Waals surface area contributed by atoms with E-state index in [-0.39, 0.29) is 21.8 Å². The van der Waals surface area contributed by atoms with Crippen molar-refractivity contribution in [1.82, 2.24) is 14.8 Å². The molecule has 0 spiro atoms. The first-order chi connectivity index (χ1) is 15.8. The normalized spacial score (nSPS) is 11.2. The second-order valence-electron chi connectivity index (χ2n) is 7.30. The molecule has 0 bridgehead atoms. The number of aryl methyl sites for hydroxylation is 1. The Kier molecular flexibility index (Phi) is 5.93. The van der Waals surface area contributed by atoms with Crippen LogP contribution in [0.2, 0.25) is 0 Å². The van der Waals surface area contributed by atoms with E-state index in [1.807, 2.05) is 19.1 Å². The van der Waals surface area contributed by atoms with E-state index in [1.165, 1.54) is 60.8 Å². The highest BCUT2D eigenvalue weighted by Crippen LogP contribution is 2.24. The molecule has 0 saturated heterocycles. The number of anilines is 2. The van der Waals surface area contributed by atoms with Gasteiger partial charge in [0.1, 0.15) is 18.3 Å². The van der Waals surface area contributed by atoms with Crippen LogP contribution in [0, 0.1) is 12.7 Å². The van der Waals surface area contributed by atoms with E-state index in [2.05, 4.69) is 15.4 Å². The number of hydrogen-bond acceptors (Lipinski definition) is 5. The molecule has 0 unspecified atom stereocenters. The first kappa shape index (κ1) is 22.2. The smallest absolute Gasteiger partial charge is 0.264 e. The zero-order valence-electron chi connectivity index (χ0n) is 17.8. The molecule has 4 aromatic rings. The van der Waals surface area contributed by atoms with Crippen molar-refractivity contribution < 1.29 is 17.6 Å². The SMILES string of the molecule is Cc1ccc(N(C)S(=O)(=O)c2cccc(C(=O)Nc3ccc(-n4cncn4)c(F)c3)c2)cc1. The topological polar surface area (TPSA) is 97.2 Å². The highest BCUT2D eigenvalue weighted by Gasteiger charge is 2.22. The van der Waals surface area contributed by atoms with E-state index >= 15 is 0 Å². The van der Waals surface area contributed by atoms with Crippen LogP contribution in [0.25, 0.3) is 5.69 Å². The Morgan fingerprint density at radius 2 is 1.82 bits per heavy atom. The third kappa shape index (κ3) is 4.60. The number of amides is 1. The quantitative estimate of drug-likeness (QED) is 0.467. The van der Waals surface area contributed by atoms with Gasteiger partial charge in [-0.15, -0.1) is 0 Å². The number of sulfonamides is 1. The van der Waals surface area contributed by atoms with E-state index in [9.17, 15) is 17.6 Å². The maximum Gasteiger partial charge on any atom is 0.264 e. The van der Waals surface area contributed by atoms with Crippen molar-refractivity contribution in [2.45, 2.75) is 11.8 Å². The molecule has 0 atom stereocenters. The summed E-state index contributed by atoms with van der Waals surface area (Å²) in [7, 11) is -2.44. The van der Waals surface area contributed by atoms with Gasteiger partial charge in [0.2, 0.25) is 0 Å². The summed E-state index contributed by atoms with van der Waals surface area (Å²) in [6.45, 7) is 1.91. The predicted octanol–water partition coefficient (Wildman–Crippen LogP) is 3.79. The summed E-state index contributed by atoms with van der Waals surface area (Å²) < 4.78 is 43.0. The number of benzene rings is 3. The molecular weight excluding hydrogens is 445 g/mol. The van der Waals surface area contributed by atoms with Gasteiger partial charge in [0.05, 0.1) is 10.6 Å². The van der Waals surface area contributed by atoms with E-state index < -0.39 is 21.7 Å². The summed E-state index contributed by atoms with van der Waals surface area (Å²) in [5.74, 6) is -1.17. The van der Waals surface area contributed by atoms with Crippen LogP contribution in [0.5, 0.6) is 0 Å². The second kappa shape index (κ2) is 8.83. The fourth-order valence-electron chi connectivity index (χ4n) is 3.16. The van der Waals surface area contributed by atoms with Crippen LogP contribution in [0.3, 0.4) is 0 Å². The number of halogens is 1. The minimum atomic E-state index is -3.89. The number of hydrogen-bond donors (Lipinski definition) is 1. The lowest BCUT2D eigenvalue weighted by Gasteiger charge is -2.20. The average molecular weight is 466 g/mol. The highest BCUT2D eigenvalue weighted by molar-refractivity contribution is 7.92. The molecule has 10 heteroatoms. The van der Waals surface area contributed by atoms with Crippen molar-refractivity contribution in [3.8, 4) is 5.69 Å². The van der Waals surface area contributed by atoms with Gasteiger partial charge < -0.3 is 5.32 Å². The van der Waals surface area contributed by atoms with Gasteiger partial charge in [-0.05, 0) is 55.5 Å². The third-order valence-electron chi connectivity index (χ3n) is 5.02. The lowest BCUT2D eigenvalue weighted by Crippen LogP contribution is -2.26. The molecule has 1 N–H and O–H groups in total. The van der Waals surface area contributed by atoms with E-state index in [0.717, 1.165) is 15.9 Å². The summed E-state index contributed by atoms with van der Waals surface area (Å²) in [5, 5.41) is 6.46. The molecule has 4 rings (SSSR count). The zero-order valence-corrected chi connectivity index (χ0v) is 18.6. The Hall–Kier alpha value is -4.05. The van der Waals surface area contributed by atoms with Crippen LogP contribution in [0.4, 0.5) is 15.8 Å². The molecule has 33 heavy (non-hydrogen) atoms. The average Bonchev–Trinajstić information content (AvgIpc) is 3.34. The molecule has 1 aromatic heterocycles. The summed E-state index contributed by atoms with van der Waals surface area (Å²) in [6.07, 6.45) is 2.64. The van der Waals surface area contributed by atoms with Crippen LogP contribution in [0.1, 0.15) is 15.9 Å². The van der Waals surface area contributed by atoms with Gasteiger partial charge in [0.25, 0.3) is 15.9 Å². The maximum absolute atomic E-state index is 14.4. The van der Waals surface area contributed by atoms with Gasteiger partial charge in [-0.3, -0.25) is 9.10 Å². The highest BCUT2D eigenvalue weighted by atomic mass is 32.2. The van der Waals surface area contributed by atoms with Gasteiger partial charge in [-0.2, -0.15) is 5.10 Å². The monoisotopic (exact) mass is 465 g/mol. The van der Waals surface area contributed by atoms with Crippen molar-refractivity contribution in [2.24, 2.45) is 0 Å². The van der Waals surface area contributed by atoms with Crippen molar-refractivity contribution in [3.63, 3.8) is 0 Å². The number of rotatable bonds is 6. The van der Waals surface area contributed by atoms with Gasteiger partial charge >= 0.3 is 0 Å². The summed E-state index contributed by atoms with van der Waals surface area (Å²) >= 11 is 0. The first-order valence-electron chi connectivity index (χ1n) is 9.87. The second-order valence-corrected chi connectivity index (χ2v) is 9.27. The first-order valence-corrected chi connectivity index (χ1v) is 11.3.